The van der Waals surface area contributed by atoms with Crippen molar-refractivity contribution in [2.45, 2.75) is 46.5 Å². The fourth-order valence-electron chi connectivity index (χ4n) is 0.636. The van der Waals surface area contributed by atoms with Crippen molar-refractivity contribution >= 4 is 12.4 Å². The van der Waals surface area contributed by atoms with Crippen molar-refractivity contribution in [3.8, 4) is 0 Å². The van der Waals surface area contributed by atoms with Gasteiger partial charge in [-0.2, -0.15) is 0 Å². The van der Waals surface area contributed by atoms with Gasteiger partial charge in [-0.1, -0.05) is 26.7 Å². The Balaban J connectivity index is 0. The van der Waals surface area contributed by atoms with Gasteiger partial charge in [-0.15, -0.1) is 0 Å². The number of esters is 1. The molecule has 0 N–H and O–H groups in total. The Labute approximate surface area is 91.9 Å². The van der Waals surface area contributed by atoms with E-state index in [1.54, 1.807) is 0 Å². The predicted molar refractivity (Wildman–Crippen MR) is 58.5 cm³/mol. The van der Waals surface area contributed by atoms with Crippen LogP contribution in [0.15, 0.2) is 0 Å². The maximum Gasteiger partial charge on any atom is 0.302 e. The molecule has 0 rings (SSSR count). The second-order valence-corrected chi connectivity index (χ2v) is 3.01. The summed E-state index contributed by atoms with van der Waals surface area (Å²) in [6.07, 6.45) is 4.10. The molecule has 0 radical (unpaired) electrons. The molecule has 0 aliphatic rings. The van der Waals surface area contributed by atoms with Crippen molar-refractivity contribution in [1.29, 1.82) is 0 Å². The minimum atomic E-state index is -0.182. The number of hydrogen-bond acceptors (Lipinski definition) is 4. The number of hydrogen-bond donors (Lipinski definition) is 0. The molecule has 15 heavy (non-hydrogen) atoms. The van der Waals surface area contributed by atoms with E-state index in [1.807, 2.05) is 6.92 Å². The molecule has 0 aliphatic heterocycles. The van der Waals surface area contributed by atoms with Gasteiger partial charge in [0.2, 0.25) is 0 Å². The third-order valence-corrected chi connectivity index (χ3v) is 1.49. The number of ether oxygens (including phenoxy) is 2. The quantitative estimate of drug-likeness (QED) is 0.374. The van der Waals surface area contributed by atoms with Crippen LogP contribution in [-0.2, 0) is 19.1 Å². The summed E-state index contributed by atoms with van der Waals surface area (Å²) in [5, 5.41) is 0. The van der Waals surface area contributed by atoms with Crippen LogP contribution in [-0.4, -0.2) is 25.7 Å². The second kappa shape index (κ2) is 15.4. The first-order valence-corrected chi connectivity index (χ1v) is 5.37. The molecule has 0 spiro atoms. The lowest BCUT2D eigenvalue weighted by molar-refractivity contribution is -0.141. The SMILES string of the molecule is CCCCOC(C)=O.CCCCOC=O. The summed E-state index contributed by atoms with van der Waals surface area (Å²) in [7, 11) is 0. The number of rotatable bonds is 7. The van der Waals surface area contributed by atoms with Crippen LogP contribution in [0.1, 0.15) is 46.5 Å². The summed E-state index contributed by atoms with van der Waals surface area (Å²) in [6, 6.07) is 0. The van der Waals surface area contributed by atoms with Gasteiger partial charge in [-0.25, -0.2) is 0 Å². The molecule has 0 aliphatic carbocycles. The van der Waals surface area contributed by atoms with Gasteiger partial charge < -0.3 is 9.47 Å². The van der Waals surface area contributed by atoms with Gasteiger partial charge >= 0.3 is 5.97 Å². The normalized spacial score (nSPS) is 8.47. The zero-order valence-corrected chi connectivity index (χ0v) is 9.95. The monoisotopic (exact) mass is 218 g/mol. The smallest absolute Gasteiger partial charge is 0.302 e. The van der Waals surface area contributed by atoms with Crippen LogP contribution in [0.3, 0.4) is 0 Å². The van der Waals surface area contributed by atoms with Gasteiger partial charge in [0.05, 0.1) is 13.2 Å². The average molecular weight is 218 g/mol. The van der Waals surface area contributed by atoms with Crippen LogP contribution in [0.25, 0.3) is 0 Å². The standard InChI is InChI=1S/C6H12O2.C5H10O2/c1-3-4-5-8-6(2)7;1-2-3-4-7-5-6/h3-5H2,1-2H3;5H,2-4H2,1H3. The summed E-state index contributed by atoms with van der Waals surface area (Å²) in [6.45, 7) is 7.16. The lowest BCUT2D eigenvalue weighted by Crippen LogP contribution is -1.99. The summed E-state index contributed by atoms with van der Waals surface area (Å²) in [4.78, 5) is 19.6. The number of unbranched alkanes of at least 4 members (excludes halogenated alkanes) is 2. The van der Waals surface area contributed by atoms with Gasteiger partial charge in [0.25, 0.3) is 6.47 Å². The lowest BCUT2D eigenvalue weighted by Gasteiger charge is -1.96. The summed E-state index contributed by atoms with van der Waals surface area (Å²) >= 11 is 0. The number of carbonyl (C=O) groups excluding carboxylic acids is 2. The van der Waals surface area contributed by atoms with E-state index in [0.29, 0.717) is 19.7 Å². The average Bonchev–Trinajstić information content (AvgIpc) is 2.20. The van der Waals surface area contributed by atoms with E-state index in [9.17, 15) is 9.59 Å². The van der Waals surface area contributed by atoms with E-state index >= 15 is 0 Å². The van der Waals surface area contributed by atoms with Gasteiger partial charge in [0.1, 0.15) is 0 Å². The van der Waals surface area contributed by atoms with Crippen LogP contribution in [0.5, 0.6) is 0 Å². The van der Waals surface area contributed by atoms with E-state index in [2.05, 4.69) is 16.4 Å². The van der Waals surface area contributed by atoms with E-state index in [0.717, 1.165) is 25.7 Å². The summed E-state index contributed by atoms with van der Waals surface area (Å²) in [5.41, 5.74) is 0. The molecule has 0 unspecified atom stereocenters. The van der Waals surface area contributed by atoms with E-state index < -0.39 is 0 Å². The predicted octanol–water partition coefficient (Wildman–Crippen LogP) is 2.31. The Hall–Kier alpha value is -1.06. The molecule has 0 atom stereocenters. The highest BCUT2D eigenvalue weighted by Crippen LogP contribution is 1.86. The highest BCUT2D eigenvalue weighted by Gasteiger charge is 1.88. The first kappa shape index (κ1) is 16.4. The highest BCUT2D eigenvalue weighted by molar-refractivity contribution is 5.65. The maximum atomic E-state index is 10.1. The van der Waals surface area contributed by atoms with Crippen LogP contribution >= 0.6 is 0 Å². The third kappa shape index (κ3) is 24.6. The summed E-state index contributed by atoms with van der Waals surface area (Å²) < 4.78 is 9.04. The van der Waals surface area contributed by atoms with Gasteiger partial charge in [-0.3, -0.25) is 9.59 Å². The third-order valence-electron chi connectivity index (χ3n) is 1.49. The van der Waals surface area contributed by atoms with Crippen LogP contribution < -0.4 is 0 Å². The van der Waals surface area contributed by atoms with Gasteiger partial charge in [0.15, 0.2) is 0 Å². The zero-order valence-electron chi connectivity index (χ0n) is 9.95. The Morgan fingerprint density at radius 3 is 2.07 bits per heavy atom. The number of carbonyl (C=O) groups is 2. The molecule has 90 valence electrons. The van der Waals surface area contributed by atoms with Crippen molar-refractivity contribution in [2.24, 2.45) is 0 Å². The molecule has 0 fully saturated rings. The Morgan fingerprint density at radius 1 is 1.13 bits per heavy atom. The maximum absolute atomic E-state index is 10.1. The minimum absolute atomic E-state index is 0.182. The Bertz CT molecular complexity index is 146. The Kier molecular flexibility index (Phi) is 16.8. The molecule has 0 bridgehead atoms. The van der Waals surface area contributed by atoms with Crippen molar-refractivity contribution in [2.75, 3.05) is 13.2 Å². The highest BCUT2D eigenvalue weighted by atomic mass is 16.5. The largest absolute Gasteiger partial charge is 0.468 e. The van der Waals surface area contributed by atoms with Crippen molar-refractivity contribution in [3.05, 3.63) is 0 Å². The molecule has 0 aromatic carbocycles. The van der Waals surface area contributed by atoms with Crippen molar-refractivity contribution < 1.29 is 19.1 Å². The van der Waals surface area contributed by atoms with E-state index in [-0.39, 0.29) is 5.97 Å². The molecule has 0 saturated carbocycles. The lowest BCUT2D eigenvalue weighted by atomic mass is 10.4. The van der Waals surface area contributed by atoms with Crippen molar-refractivity contribution in [1.82, 2.24) is 0 Å². The van der Waals surface area contributed by atoms with Gasteiger partial charge in [-0.05, 0) is 12.8 Å². The van der Waals surface area contributed by atoms with Crippen LogP contribution in [0.2, 0.25) is 0 Å². The second-order valence-electron chi connectivity index (χ2n) is 3.01. The molecule has 4 nitrogen and oxygen atoms in total. The molecule has 0 aromatic heterocycles. The first-order valence-electron chi connectivity index (χ1n) is 5.37. The van der Waals surface area contributed by atoms with Crippen LogP contribution in [0, 0.1) is 0 Å². The molecule has 0 amide bonds. The molecule has 0 heterocycles. The minimum Gasteiger partial charge on any atom is -0.468 e. The molecular formula is C11H22O4. The topological polar surface area (TPSA) is 52.6 Å². The van der Waals surface area contributed by atoms with Crippen molar-refractivity contribution in [3.63, 3.8) is 0 Å². The van der Waals surface area contributed by atoms with Gasteiger partial charge in [0, 0.05) is 6.92 Å². The van der Waals surface area contributed by atoms with E-state index in [1.165, 1.54) is 6.92 Å². The van der Waals surface area contributed by atoms with Crippen LogP contribution in [0.4, 0.5) is 0 Å². The first-order chi connectivity index (χ1) is 7.18. The fourth-order valence-corrected chi connectivity index (χ4v) is 0.636. The Morgan fingerprint density at radius 2 is 1.67 bits per heavy atom. The molecular weight excluding hydrogens is 196 g/mol. The fraction of sp³-hybridized carbons (Fsp3) is 0.818. The molecule has 0 saturated heterocycles. The molecule has 4 heteroatoms. The summed E-state index contributed by atoms with van der Waals surface area (Å²) in [5.74, 6) is -0.182. The molecule has 0 aromatic rings. The van der Waals surface area contributed by atoms with E-state index in [4.69, 9.17) is 0 Å². The zero-order chi connectivity index (χ0) is 11.9.